The molecule has 0 aliphatic rings. The number of carbonyl (C=O) groups is 1. The van der Waals surface area contributed by atoms with Gasteiger partial charge in [0.2, 0.25) is 0 Å². The lowest BCUT2D eigenvalue weighted by atomic mass is 10.0. The van der Waals surface area contributed by atoms with Gasteiger partial charge in [-0.25, -0.2) is 17.2 Å². The van der Waals surface area contributed by atoms with Crippen LogP contribution in [-0.4, -0.2) is 29.5 Å². The Morgan fingerprint density at radius 2 is 1.62 bits per heavy atom. The van der Waals surface area contributed by atoms with Crippen LogP contribution in [0.5, 0.6) is 0 Å². The van der Waals surface area contributed by atoms with Gasteiger partial charge in [0.25, 0.3) is 0 Å². The van der Waals surface area contributed by atoms with Crippen molar-refractivity contribution in [2.75, 3.05) is 5.75 Å². The van der Waals surface area contributed by atoms with E-state index >= 15 is 0 Å². The molecule has 0 fully saturated rings. The number of fused-ring (bicyclic) bond motifs is 1. The van der Waals surface area contributed by atoms with Crippen molar-refractivity contribution < 1.29 is 22.0 Å². The van der Waals surface area contributed by atoms with Crippen molar-refractivity contribution in [1.82, 2.24) is 9.55 Å². The molecule has 0 radical (unpaired) electrons. The van der Waals surface area contributed by atoms with Crippen LogP contribution in [-0.2, 0) is 27.6 Å². The molecular formula is C29H22F2N2O3S. The van der Waals surface area contributed by atoms with Gasteiger partial charge in [0, 0.05) is 37.6 Å². The third-order valence-corrected chi connectivity index (χ3v) is 7.75. The quantitative estimate of drug-likeness (QED) is 0.269. The maximum atomic E-state index is 15.0. The minimum atomic E-state index is -4.21. The molecule has 0 atom stereocenters. The van der Waals surface area contributed by atoms with E-state index in [4.69, 9.17) is 0 Å². The van der Waals surface area contributed by atoms with Gasteiger partial charge in [-0.15, -0.1) is 0 Å². The summed E-state index contributed by atoms with van der Waals surface area (Å²) in [6.07, 6.45) is 4.63. The van der Waals surface area contributed by atoms with Crippen LogP contribution < -0.4 is 0 Å². The molecule has 3 aromatic carbocycles. The molecule has 5 aromatic rings. The molecule has 37 heavy (non-hydrogen) atoms. The molecule has 2 heterocycles. The Morgan fingerprint density at radius 3 is 2.38 bits per heavy atom. The molecule has 8 heteroatoms. The van der Waals surface area contributed by atoms with Crippen molar-refractivity contribution in [3.63, 3.8) is 0 Å². The normalized spacial score (nSPS) is 11.6. The fourth-order valence-corrected chi connectivity index (χ4v) is 5.90. The maximum Gasteiger partial charge on any atom is 0.187 e. The molecule has 0 spiro atoms. The van der Waals surface area contributed by atoms with Crippen LogP contribution in [0, 0.1) is 11.6 Å². The lowest BCUT2D eigenvalue weighted by Crippen LogP contribution is -2.18. The number of benzene rings is 3. The lowest BCUT2D eigenvalue weighted by molar-refractivity contribution is -0.116. The fraction of sp³-hybridized carbons (Fsp3) is 0.103. The van der Waals surface area contributed by atoms with Crippen molar-refractivity contribution in [3.8, 4) is 11.1 Å². The lowest BCUT2D eigenvalue weighted by Gasteiger charge is -2.08. The number of aromatic nitrogens is 2. The van der Waals surface area contributed by atoms with Gasteiger partial charge < -0.3 is 4.57 Å². The first-order valence-corrected chi connectivity index (χ1v) is 13.2. The predicted molar refractivity (Wildman–Crippen MR) is 138 cm³/mol. The Hall–Kier alpha value is -4.17. The monoisotopic (exact) mass is 516 g/mol. The summed E-state index contributed by atoms with van der Waals surface area (Å²) >= 11 is 0. The van der Waals surface area contributed by atoms with Gasteiger partial charge >= 0.3 is 0 Å². The Bertz CT molecular complexity index is 1700. The van der Waals surface area contributed by atoms with Crippen molar-refractivity contribution in [3.05, 3.63) is 120 Å². The molecule has 0 aliphatic carbocycles. The SMILES string of the molecule is O=C(Cc1ccccc1)CS(=O)(=O)c1cn(Cc2cccc(-c3cccnc3)c2)c2cc(F)cc(F)c12. The first kappa shape index (κ1) is 24.5. The second-order valence-electron chi connectivity index (χ2n) is 8.81. The third kappa shape index (κ3) is 5.34. The highest BCUT2D eigenvalue weighted by molar-refractivity contribution is 7.92. The molecule has 0 saturated heterocycles. The third-order valence-electron chi connectivity index (χ3n) is 6.07. The van der Waals surface area contributed by atoms with Crippen molar-refractivity contribution >= 4 is 26.5 Å². The zero-order valence-electron chi connectivity index (χ0n) is 19.6. The summed E-state index contributed by atoms with van der Waals surface area (Å²) in [5.74, 6) is -3.11. The number of halogens is 2. The smallest absolute Gasteiger partial charge is 0.187 e. The van der Waals surface area contributed by atoms with E-state index in [2.05, 4.69) is 4.98 Å². The standard InChI is InChI=1S/C29H22F2N2O3S/c30-24-14-26(31)29-27(15-24)33(17-21-8-4-9-22(12-21)23-10-5-11-32-16-23)18-28(29)37(35,36)19-25(34)13-20-6-2-1-3-7-20/h1-12,14-16,18H,13,17,19H2. The molecule has 5 rings (SSSR count). The molecule has 0 amide bonds. The number of nitrogens with zero attached hydrogens (tertiary/aromatic N) is 2. The summed E-state index contributed by atoms with van der Waals surface area (Å²) in [7, 11) is -4.21. The zero-order valence-corrected chi connectivity index (χ0v) is 20.5. The first-order valence-electron chi connectivity index (χ1n) is 11.6. The van der Waals surface area contributed by atoms with E-state index < -0.39 is 33.0 Å². The van der Waals surface area contributed by atoms with Crippen LogP contribution in [0.2, 0.25) is 0 Å². The predicted octanol–water partition coefficient (Wildman–Crippen LogP) is 5.62. The number of sulfone groups is 1. The maximum absolute atomic E-state index is 15.0. The van der Waals surface area contributed by atoms with Gasteiger partial charge in [0.15, 0.2) is 15.6 Å². The molecule has 5 nitrogen and oxygen atoms in total. The number of pyridine rings is 1. The van der Waals surface area contributed by atoms with Crippen LogP contribution in [0.25, 0.3) is 22.0 Å². The van der Waals surface area contributed by atoms with Crippen molar-refractivity contribution in [2.24, 2.45) is 0 Å². The Morgan fingerprint density at radius 1 is 0.865 bits per heavy atom. The van der Waals surface area contributed by atoms with Crippen molar-refractivity contribution in [2.45, 2.75) is 17.9 Å². The second-order valence-corrected chi connectivity index (χ2v) is 10.8. The van der Waals surface area contributed by atoms with Crippen LogP contribution in [0.4, 0.5) is 8.78 Å². The van der Waals surface area contributed by atoms with E-state index in [9.17, 15) is 22.0 Å². The fourth-order valence-electron chi connectivity index (χ4n) is 4.42. The summed E-state index contributed by atoms with van der Waals surface area (Å²) in [5, 5.41) is -0.225. The average Bonchev–Trinajstić information content (AvgIpc) is 3.24. The van der Waals surface area contributed by atoms with E-state index in [1.54, 1.807) is 42.7 Å². The summed E-state index contributed by atoms with van der Waals surface area (Å²) in [6, 6.07) is 21.8. The first-order chi connectivity index (χ1) is 17.8. The zero-order chi connectivity index (χ0) is 26.0. The van der Waals surface area contributed by atoms with Crippen LogP contribution >= 0.6 is 0 Å². The molecule has 0 N–H and O–H groups in total. The number of rotatable bonds is 8. The number of ketones is 1. The summed E-state index contributed by atoms with van der Waals surface area (Å²) < 4.78 is 57.2. The Labute approximate surface area is 213 Å². The van der Waals surface area contributed by atoms with Crippen LogP contribution in [0.3, 0.4) is 0 Å². The van der Waals surface area contributed by atoms with Crippen molar-refractivity contribution in [1.29, 1.82) is 0 Å². The van der Waals surface area contributed by atoms with Crippen LogP contribution in [0.15, 0.2) is 102 Å². The highest BCUT2D eigenvalue weighted by Gasteiger charge is 2.27. The van der Waals surface area contributed by atoms with E-state index in [0.717, 1.165) is 22.8 Å². The summed E-state index contributed by atoms with van der Waals surface area (Å²) in [5.41, 5.74) is 3.38. The van der Waals surface area contributed by atoms with Crippen LogP contribution in [0.1, 0.15) is 11.1 Å². The van der Waals surface area contributed by atoms with E-state index in [0.29, 0.717) is 11.6 Å². The van der Waals surface area contributed by atoms with E-state index in [1.807, 2.05) is 36.4 Å². The minimum Gasteiger partial charge on any atom is -0.342 e. The average molecular weight is 517 g/mol. The van der Waals surface area contributed by atoms with Gasteiger partial charge in [-0.1, -0.05) is 54.6 Å². The molecule has 186 valence electrons. The Kier molecular flexibility index (Phi) is 6.67. The molecule has 0 aliphatic heterocycles. The van der Waals surface area contributed by atoms with E-state index in [-0.39, 0.29) is 28.8 Å². The topological polar surface area (TPSA) is 69.0 Å². The minimum absolute atomic E-state index is 0.0586. The Balaban J connectivity index is 1.51. The van der Waals surface area contributed by atoms with Gasteiger partial charge in [-0.05, 0) is 40.5 Å². The number of carbonyl (C=O) groups excluding carboxylic acids is 1. The molecule has 0 bridgehead atoms. The highest BCUT2D eigenvalue weighted by atomic mass is 32.2. The van der Waals surface area contributed by atoms with Gasteiger partial charge in [0.05, 0.1) is 15.8 Å². The molecule has 0 saturated carbocycles. The molecular weight excluding hydrogens is 494 g/mol. The molecule has 2 aromatic heterocycles. The van der Waals surface area contributed by atoms with Gasteiger partial charge in [-0.3, -0.25) is 9.78 Å². The highest BCUT2D eigenvalue weighted by Crippen LogP contribution is 2.31. The second kappa shape index (κ2) is 10.1. The number of hydrogen-bond acceptors (Lipinski definition) is 4. The van der Waals surface area contributed by atoms with E-state index in [1.165, 1.54) is 10.8 Å². The summed E-state index contributed by atoms with van der Waals surface area (Å²) in [4.78, 5) is 16.4. The number of Topliss-reactive ketones (excluding diaryl/α,β-unsaturated/α-hetero) is 1. The van der Waals surface area contributed by atoms with Gasteiger partial charge in [-0.2, -0.15) is 0 Å². The molecule has 0 unspecified atom stereocenters. The largest absolute Gasteiger partial charge is 0.342 e. The van der Waals surface area contributed by atoms with Gasteiger partial charge in [0.1, 0.15) is 17.4 Å². The number of hydrogen-bond donors (Lipinski definition) is 0. The summed E-state index contributed by atoms with van der Waals surface area (Å²) in [6.45, 7) is 0.168.